The molecule has 0 amide bonds. The molecule has 3 heteroatoms. The summed E-state index contributed by atoms with van der Waals surface area (Å²) in [6.45, 7) is 0. The molecule has 0 aliphatic carbocycles. The van der Waals surface area contributed by atoms with Crippen molar-refractivity contribution in [2.45, 2.75) is 0 Å². The number of hydrogen-bond acceptors (Lipinski definition) is 3. The summed E-state index contributed by atoms with van der Waals surface area (Å²) < 4.78 is 0. The van der Waals surface area contributed by atoms with E-state index in [0.717, 1.165) is 61.4 Å². The summed E-state index contributed by atoms with van der Waals surface area (Å²) in [5.41, 5.74) is 10.3. The number of aromatic nitrogens is 3. The largest absolute Gasteiger partial charge is 0.247 e. The molecular weight excluding hydrogens is 679 g/mol. The molecular formula is C53H33N3. The summed E-state index contributed by atoms with van der Waals surface area (Å²) in [6, 6.07) is 70.9. The number of hydrogen-bond donors (Lipinski definition) is 0. The van der Waals surface area contributed by atoms with Gasteiger partial charge in [0.2, 0.25) is 0 Å². The lowest BCUT2D eigenvalue weighted by atomic mass is 9.94. The zero-order chi connectivity index (χ0) is 37.0. The Morgan fingerprint density at radius 1 is 0.286 bits per heavy atom. The summed E-state index contributed by atoms with van der Waals surface area (Å²) in [6.07, 6.45) is 0. The average molecular weight is 712 g/mol. The predicted octanol–water partition coefficient (Wildman–Crippen LogP) is 14.0. The van der Waals surface area contributed by atoms with Gasteiger partial charge < -0.3 is 0 Å². The van der Waals surface area contributed by atoms with Gasteiger partial charge in [0.05, 0.1) is 22.6 Å². The maximum absolute atomic E-state index is 5.22. The van der Waals surface area contributed by atoms with E-state index < -0.39 is 0 Å². The van der Waals surface area contributed by atoms with E-state index in [0.29, 0.717) is 5.82 Å². The summed E-state index contributed by atoms with van der Waals surface area (Å²) in [7, 11) is 0. The van der Waals surface area contributed by atoms with Crippen LogP contribution in [-0.2, 0) is 0 Å². The molecule has 0 aliphatic rings. The summed E-state index contributed by atoms with van der Waals surface area (Å²) in [5.74, 6) is 0.696. The molecule has 260 valence electrons. The number of fused-ring (bicyclic) bond motifs is 7. The fraction of sp³-hybridized carbons (Fsp3) is 0. The van der Waals surface area contributed by atoms with Gasteiger partial charge in [-0.2, -0.15) is 0 Å². The lowest BCUT2D eigenvalue weighted by molar-refractivity contribution is 1.19. The van der Waals surface area contributed by atoms with Gasteiger partial charge in [-0.3, -0.25) is 0 Å². The molecule has 0 aliphatic heterocycles. The van der Waals surface area contributed by atoms with Crippen LogP contribution in [0.4, 0.5) is 0 Å². The van der Waals surface area contributed by atoms with Crippen LogP contribution in [-0.4, -0.2) is 15.0 Å². The highest BCUT2D eigenvalue weighted by molar-refractivity contribution is 6.22. The Morgan fingerprint density at radius 2 is 0.750 bits per heavy atom. The third kappa shape index (κ3) is 5.40. The number of benzene rings is 9. The van der Waals surface area contributed by atoms with Crippen molar-refractivity contribution >= 4 is 54.0 Å². The van der Waals surface area contributed by atoms with Crippen molar-refractivity contribution in [3.05, 3.63) is 200 Å². The van der Waals surface area contributed by atoms with Gasteiger partial charge in [-0.15, -0.1) is 0 Å². The second-order valence-corrected chi connectivity index (χ2v) is 14.4. The Balaban J connectivity index is 0.990. The molecule has 0 bridgehead atoms. The van der Waals surface area contributed by atoms with E-state index in [-0.39, 0.29) is 0 Å². The maximum atomic E-state index is 5.22. The van der Waals surface area contributed by atoms with Gasteiger partial charge in [-0.25, -0.2) is 15.0 Å². The van der Waals surface area contributed by atoms with Crippen LogP contribution in [0.25, 0.3) is 110 Å². The van der Waals surface area contributed by atoms with Crippen molar-refractivity contribution in [1.82, 2.24) is 15.0 Å². The second-order valence-electron chi connectivity index (χ2n) is 14.4. The Hall–Kier alpha value is -7.49. The minimum Gasteiger partial charge on any atom is -0.247 e. The van der Waals surface area contributed by atoms with Crippen molar-refractivity contribution in [3.63, 3.8) is 0 Å². The topological polar surface area (TPSA) is 38.7 Å². The Labute approximate surface area is 324 Å². The van der Waals surface area contributed by atoms with E-state index >= 15 is 0 Å². The first kappa shape index (κ1) is 32.0. The second kappa shape index (κ2) is 13.1. The summed E-state index contributed by atoms with van der Waals surface area (Å²) >= 11 is 0. The lowest BCUT2D eigenvalue weighted by Gasteiger charge is -2.13. The number of para-hydroxylation sites is 1. The lowest BCUT2D eigenvalue weighted by Crippen LogP contribution is -1.97. The highest BCUT2D eigenvalue weighted by Crippen LogP contribution is 2.38. The third-order valence-corrected chi connectivity index (χ3v) is 11.1. The minimum absolute atomic E-state index is 0.696. The SMILES string of the molecule is c1ccc2c(-c3cc(-c4cccc5ccccc45)nc(-c4ccc(-c5ccc(-c6nc7ccccc7c7c6ccc6ccccc67)cc5)cc4)n3)cccc2c1. The molecule has 0 radical (unpaired) electrons. The Bertz CT molecular complexity index is 3170. The first-order valence-electron chi connectivity index (χ1n) is 19.0. The minimum atomic E-state index is 0.696. The first-order valence-corrected chi connectivity index (χ1v) is 19.0. The predicted molar refractivity (Wildman–Crippen MR) is 235 cm³/mol. The summed E-state index contributed by atoms with van der Waals surface area (Å²) in [4.78, 5) is 15.7. The monoisotopic (exact) mass is 711 g/mol. The Kier molecular flexibility index (Phi) is 7.49. The van der Waals surface area contributed by atoms with Crippen LogP contribution in [0, 0.1) is 0 Å². The molecule has 11 aromatic rings. The van der Waals surface area contributed by atoms with Crippen LogP contribution in [0.5, 0.6) is 0 Å². The normalized spacial score (nSPS) is 11.6. The Morgan fingerprint density at radius 3 is 1.36 bits per heavy atom. The van der Waals surface area contributed by atoms with Gasteiger partial charge in [-0.1, -0.05) is 188 Å². The van der Waals surface area contributed by atoms with E-state index in [4.69, 9.17) is 15.0 Å². The van der Waals surface area contributed by atoms with Crippen molar-refractivity contribution in [2.24, 2.45) is 0 Å². The molecule has 0 atom stereocenters. The molecule has 0 saturated heterocycles. The molecule has 9 aromatic carbocycles. The molecule has 2 aromatic heterocycles. The zero-order valence-electron chi connectivity index (χ0n) is 30.4. The van der Waals surface area contributed by atoms with Crippen LogP contribution in [0.2, 0.25) is 0 Å². The molecule has 0 unspecified atom stereocenters. The van der Waals surface area contributed by atoms with Crippen LogP contribution >= 0.6 is 0 Å². The van der Waals surface area contributed by atoms with Gasteiger partial charge in [0.1, 0.15) is 0 Å². The van der Waals surface area contributed by atoms with Gasteiger partial charge in [0.15, 0.2) is 5.82 Å². The van der Waals surface area contributed by atoms with Gasteiger partial charge in [0.25, 0.3) is 0 Å². The smallest absolute Gasteiger partial charge is 0.160 e. The summed E-state index contributed by atoms with van der Waals surface area (Å²) in [5, 5.41) is 10.8. The molecule has 2 heterocycles. The highest BCUT2D eigenvalue weighted by atomic mass is 14.9. The number of nitrogens with zero attached hydrogens (tertiary/aromatic N) is 3. The van der Waals surface area contributed by atoms with Crippen molar-refractivity contribution in [2.75, 3.05) is 0 Å². The molecule has 0 fully saturated rings. The maximum Gasteiger partial charge on any atom is 0.160 e. The molecule has 11 rings (SSSR count). The molecule has 0 spiro atoms. The molecule has 0 N–H and O–H groups in total. The van der Waals surface area contributed by atoms with E-state index in [2.05, 4.69) is 200 Å². The van der Waals surface area contributed by atoms with Gasteiger partial charge in [0, 0.05) is 38.4 Å². The fourth-order valence-electron chi connectivity index (χ4n) is 8.32. The quantitative estimate of drug-likeness (QED) is 0.167. The van der Waals surface area contributed by atoms with E-state index in [1.165, 1.54) is 43.1 Å². The highest BCUT2D eigenvalue weighted by Gasteiger charge is 2.16. The third-order valence-electron chi connectivity index (χ3n) is 11.1. The average Bonchev–Trinajstić information content (AvgIpc) is 3.28. The molecule has 3 nitrogen and oxygen atoms in total. The van der Waals surface area contributed by atoms with E-state index in [1.54, 1.807) is 0 Å². The first-order chi connectivity index (χ1) is 27.7. The zero-order valence-corrected chi connectivity index (χ0v) is 30.4. The van der Waals surface area contributed by atoms with Crippen molar-refractivity contribution in [1.29, 1.82) is 0 Å². The van der Waals surface area contributed by atoms with Crippen molar-refractivity contribution < 1.29 is 0 Å². The molecule has 56 heavy (non-hydrogen) atoms. The fourth-order valence-corrected chi connectivity index (χ4v) is 8.32. The number of rotatable bonds is 5. The van der Waals surface area contributed by atoms with Crippen LogP contribution in [0.3, 0.4) is 0 Å². The van der Waals surface area contributed by atoms with Crippen molar-refractivity contribution in [3.8, 4) is 56.3 Å². The van der Waals surface area contributed by atoms with Gasteiger partial charge in [-0.05, 0) is 55.6 Å². The van der Waals surface area contributed by atoms with Crippen LogP contribution in [0.15, 0.2) is 200 Å². The van der Waals surface area contributed by atoms with Gasteiger partial charge >= 0.3 is 0 Å². The number of pyridine rings is 1. The standard InChI is InChI=1S/C53H33N3/c1-4-16-41-36(11-1)14-9-20-44(41)49-33-50(45-21-10-15-37-12-2-5-17-42(37)45)56-53(55-49)40-29-25-35(26-30-40)34-23-27-39(28-24-34)52-47-32-31-38-13-3-6-18-43(38)51(47)46-19-7-8-22-48(46)54-52/h1-33H. The van der Waals surface area contributed by atoms with E-state index in [9.17, 15) is 0 Å². The van der Waals surface area contributed by atoms with Crippen LogP contribution in [0.1, 0.15) is 0 Å². The van der Waals surface area contributed by atoms with Crippen LogP contribution < -0.4 is 0 Å². The van der Waals surface area contributed by atoms with E-state index in [1.807, 2.05) is 0 Å². The molecule has 0 saturated carbocycles.